The molecule has 2 rings (SSSR count). The van der Waals surface area contributed by atoms with Crippen LogP contribution in [0.3, 0.4) is 0 Å². The van der Waals surface area contributed by atoms with Crippen molar-refractivity contribution in [1.82, 2.24) is 15.1 Å². The molecule has 10 heteroatoms. The Hall–Kier alpha value is -0.310. The Morgan fingerprint density at radius 2 is 1.70 bits per heavy atom. The summed E-state index contributed by atoms with van der Waals surface area (Å²) in [6.07, 6.45) is -1.24. The minimum atomic E-state index is -3.99. The second-order valence-electron chi connectivity index (χ2n) is 5.79. The Kier molecular flexibility index (Phi) is 9.73. The standard InChI is InChI=1S/C13H21F4N3O.2ClH/c14-12(15)13(16,17)9-19-3-5-20(6-4-19)11(21)8-18-7-10-1-2-10;;/h10,12,18H,1-9H2;2*1H. The number of nitrogens with zero attached hydrogens (tertiary/aromatic N) is 2. The summed E-state index contributed by atoms with van der Waals surface area (Å²) >= 11 is 0. The van der Waals surface area contributed by atoms with Gasteiger partial charge in [0.25, 0.3) is 0 Å². The van der Waals surface area contributed by atoms with Gasteiger partial charge in [0.2, 0.25) is 5.91 Å². The van der Waals surface area contributed by atoms with E-state index in [9.17, 15) is 22.4 Å². The third kappa shape index (κ3) is 7.41. The molecule has 0 aromatic heterocycles. The molecule has 0 spiro atoms. The molecular weight excluding hydrogens is 361 g/mol. The highest BCUT2D eigenvalue weighted by Crippen LogP contribution is 2.27. The fourth-order valence-electron chi connectivity index (χ4n) is 2.34. The first kappa shape index (κ1) is 22.7. The molecule has 2 aliphatic rings. The van der Waals surface area contributed by atoms with Crippen LogP contribution in [0.4, 0.5) is 17.6 Å². The van der Waals surface area contributed by atoms with E-state index in [0.717, 1.165) is 6.54 Å². The minimum Gasteiger partial charge on any atom is -0.339 e. The van der Waals surface area contributed by atoms with Crippen molar-refractivity contribution >= 4 is 30.7 Å². The number of rotatable bonds is 7. The quantitative estimate of drug-likeness (QED) is 0.681. The van der Waals surface area contributed by atoms with E-state index in [1.54, 1.807) is 4.90 Å². The maximum atomic E-state index is 13.0. The summed E-state index contributed by atoms with van der Waals surface area (Å²) in [4.78, 5) is 14.8. The zero-order chi connectivity index (χ0) is 15.5. The van der Waals surface area contributed by atoms with Crippen LogP contribution >= 0.6 is 24.8 Å². The molecule has 0 atom stereocenters. The molecule has 0 aromatic rings. The lowest BCUT2D eigenvalue weighted by molar-refractivity contribution is -0.148. The monoisotopic (exact) mass is 383 g/mol. The fourth-order valence-corrected chi connectivity index (χ4v) is 2.34. The Bertz CT molecular complexity index is 365. The summed E-state index contributed by atoms with van der Waals surface area (Å²) in [7, 11) is 0. The lowest BCUT2D eigenvalue weighted by Gasteiger charge is -2.36. The molecule has 4 nitrogen and oxygen atoms in total. The van der Waals surface area contributed by atoms with E-state index in [-0.39, 0.29) is 50.4 Å². The number of amides is 1. The van der Waals surface area contributed by atoms with Gasteiger partial charge in [-0.15, -0.1) is 24.8 Å². The maximum absolute atomic E-state index is 13.0. The molecule has 0 aromatic carbocycles. The molecule has 2 fully saturated rings. The summed E-state index contributed by atoms with van der Waals surface area (Å²) in [5, 5.41) is 3.08. The average Bonchev–Trinajstić information content (AvgIpc) is 3.23. The van der Waals surface area contributed by atoms with Gasteiger partial charge >= 0.3 is 12.3 Å². The van der Waals surface area contributed by atoms with Crippen LogP contribution in [-0.2, 0) is 4.79 Å². The van der Waals surface area contributed by atoms with E-state index in [0.29, 0.717) is 19.0 Å². The summed E-state index contributed by atoms with van der Waals surface area (Å²) in [5.41, 5.74) is 0. The van der Waals surface area contributed by atoms with Crippen molar-refractivity contribution in [3.63, 3.8) is 0 Å². The van der Waals surface area contributed by atoms with E-state index in [1.807, 2.05) is 0 Å². The first-order valence-corrected chi connectivity index (χ1v) is 7.25. The smallest absolute Gasteiger partial charge is 0.319 e. The molecule has 0 bridgehead atoms. The Labute approximate surface area is 145 Å². The molecule has 1 amide bonds. The van der Waals surface area contributed by atoms with Crippen molar-refractivity contribution in [1.29, 1.82) is 0 Å². The number of carbonyl (C=O) groups excluding carboxylic acids is 1. The number of alkyl halides is 4. The molecule has 138 valence electrons. The largest absolute Gasteiger partial charge is 0.339 e. The van der Waals surface area contributed by atoms with Gasteiger partial charge in [-0.2, -0.15) is 8.78 Å². The van der Waals surface area contributed by atoms with Crippen LogP contribution in [0.1, 0.15) is 12.8 Å². The first-order valence-electron chi connectivity index (χ1n) is 7.25. The molecule has 1 aliphatic carbocycles. The van der Waals surface area contributed by atoms with Gasteiger partial charge in [0.15, 0.2) is 0 Å². The SMILES string of the molecule is Cl.Cl.O=C(CNCC1CC1)N1CCN(CC(F)(F)C(F)F)CC1. The normalized spacial score (nSPS) is 19.3. The topological polar surface area (TPSA) is 35.6 Å². The summed E-state index contributed by atoms with van der Waals surface area (Å²) in [6.45, 7) is 1.17. The molecular formula is C13H23Cl2F4N3O. The van der Waals surface area contributed by atoms with Crippen LogP contribution < -0.4 is 5.32 Å². The zero-order valence-electron chi connectivity index (χ0n) is 12.6. The van der Waals surface area contributed by atoms with E-state index in [1.165, 1.54) is 17.7 Å². The average molecular weight is 384 g/mol. The van der Waals surface area contributed by atoms with E-state index < -0.39 is 18.9 Å². The van der Waals surface area contributed by atoms with Gasteiger partial charge < -0.3 is 10.2 Å². The van der Waals surface area contributed by atoms with Crippen LogP contribution in [-0.4, -0.2) is 73.9 Å². The predicted octanol–water partition coefficient (Wildman–Crippen LogP) is 1.87. The first-order chi connectivity index (χ1) is 9.88. The summed E-state index contributed by atoms with van der Waals surface area (Å²) in [6, 6.07) is 0. The lowest BCUT2D eigenvalue weighted by atomic mass is 10.2. The van der Waals surface area contributed by atoms with Crippen molar-refractivity contribution in [2.75, 3.05) is 45.8 Å². The van der Waals surface area contributed by atoms with E-state index in [2.05, 4.69) is 5.32 Å². The molecule has 1 saturated heterocycles. The summed E-state index contributed by atoms with van der Waals surface area (Å²) in [5.74, 6) is -3.36. The van der Waals surface area contributed by atoms with Crippen LogP contribution in [0.15, 0.2) is 0 Å². The minimum absolute atomic E-state index is 0. The van der Waals surface area contributed by atoms with Gasteiger partial charge in [0.1, 0.15) is 0 Å². The van der Waals surface area contributed by atoms with Crippen LogP contribution in [0.25, 0.3) is 0 Å². The number of piperazine rings is 1. The number of halogens is 6. The Morgan fingerprint density at radius 3 is 2.17 bits per heavy atom. The van der Waals surface area contributed by atoms with Crippen molar-refractivity contribution < 1.29 is 22.4 Å². The highest BCUT2D eigenvalue weighted by molar-refractivity contribution is 5.85. The highest BCUT2D eigenvalue weighted by Gasteiger charge is 2.42. The molecule has 0 unspecified atom stereocenters. The van der Waals surface area contributed by atoms with E-state index in [4.69, 9.17) is 0 Å². The van der Waals surface area contributed by atoms with Crippen LogP contribution in [0.2, 0.25) is 0 Å². The third-order valence-electron chi connectivity index (χ3n) is 3.88. The van der Waals surface area contributed by atoms with E-state index >= 15 is 0 Å². The van der Waals surface area contributed by atoms with Crippen molar-refractivity contribution in [3.05, 3.63) is 0 Å². The van der Waals surface area contributed by atoms with Gasteiger partial charge in [-0.1, -0.05) is 0 Å². The number of nitrogens with one attached hydrogen (secondary N) is 1. The molecule has 1 aliphatic heterocycles. The maximum Gasteiger partial charge on any atom is 0.319 e. The predicted molar refractivity (Wildman–Crippen MR) is 84.1 cm³/mol. The molecule has 23 heavy (non-hydrogen) atoms. The molecule has 1 heterocycles. The zero-order valence-corrected chi connectivity index (χ0v) is 14.3. The fraction of sp³-hybridized carbons (Fsp3) is 0.923. The van der Waals surface area contributed by atoms with Gasteiger partial charge in [-0.05, 0) is 25.3 Å². The second-order valence-corrected chi connectivity index (χ2v) is 5.79. The van der Waals surface area contributed by atoms with Crippen molar-refractivity contribution in [2.24, 2.45) is 5.92 Å². The Balaban J connectivity index is 0.00000242. The molecule has 1 N–H and O–H groups in total. The lowest BCUT2D eigenvalue weighted by Crippen LogP contribution is -2.54. The van der Waals surface area contributed by atoms with Crippen LogP contribution in [0, 0.1) is 5.92 Å². The van der Waals surface area contributed by atoms with Crippen molar-refractivity contribution in [2.45, 2.75) is 25.2 Å². The molecule has 0 radical (unpaired) electrons. The number of hydrogen-bond acceptors (Lipinski definition) is 3. The highest BCUT2D eigenvalue weighted by atomic mass is 35.5. The number of carbonyl (C=O) groups is 1. The second kappa shape index (κ2) is 9.86. The third-order valence-corrected chi connectivity index (χ3v) is 3.88. The van der Waals surface area contributed by atoms with Gasteiger partial charge in [-0.25, -0.2) is 8.78 Å². The van der Waals surface area contributed by atoms with Gasteiger partial charge in [-0.3, -0.25) is 9.69 Å². The summed E-state index contributed by atoms with van der Waals surface area (Å²) < 4.78 is 50.2. The van der Waals surface area contributed by atoms with Crippen LogP contribution in [0.5, 0.6) is 0 Å². The van der Waals surface area contributed by atoms with Crippen molar-refractivity contribution in [3.8, 4) is 0 Å². The Morgan fingerprint density at radius 1 is 1.13 bits per heavy atom. The van der Waals surface area contributed by atoms with Gasteiger partial charge in [0, 0.05) is 26.2 Å². The number of hydrogen-bond donors (Lipinski definition) is 1. The van der Waals surface area contributed by atoms with Gasteiger partial charge in [0.05, 0.1) is 13.1 Å². The molecule has 1 saturated carbocycles.